The Morgan fingerprint density at radius 2 is 1.56 bits per heavy atom. The van der Waals surface area contributed by atoms with Crippen LogP contribution in [0.3, 0.4) is 0 Å². The monoisotopic (exact) mass is 268 g/mol. The fourth-order valence-electron chi connectivity index (χ4n) is 0.776. The van der Waals surface area contributed by atoms with Crippen molar-refractivity contribution >= 4 is 18.1 Å². The van der Waals surface area contributed by atoms with Crippen LogP contribution in [-0.4, -0.2) is 43.0 Å². The normalized spacial score (nSPS) is 8.69. The zero-order valence-electron chi connectivity index (χ0n) is 9.82. The van der Waals surface area contributed by atoms with Crippen molar-refractivity contribution in [3.63, 3.8) is 0 Å². The summed E-state index contributed by atoms with van der Waals surface area (Å²) >= 11 is 0. The standard InChI is InChI=1S/C5H10O2.C4H14OSi2.2CH4/c1-2-4-7-5-3-6;1-6(2)5-7(3)4;;/h2,6H,1,3-5H2;6-7H,1-4H3;2*1H4. The van der Waals surface area contributed by atoms with Gasteiger partial charge in [0.05, 0.1) is 19.8 Å². The van der Waals surface area contributed by atoms with E-state index in [1.807, 2.05) is 0 Å². The second-order valence-electron chi connectivity index (χ2n) is 3.32. The summed E-state index contributed by atoms with van der Waals surface area (Å²) < 4.78 is 10.3. The van der Waals surface area contributed by atoms with Gasteiger partial charge in [-0.1, -0.05) is 20.9 Å². The first-order valence-electron chi connectivity index (χ1n) is 4.99. The first kappa shape index (κ1) is 25.0. The Bertz CT molecular complexity index is 114. The Labute approximate surface area is 106 Å². The summed E-state index contributed by atoms with van der Waals surface area (Å²) in [6, 6.07) is 0. The number of hydrogen-bond donors (Lipinski definition) is 1. The van der Waals surface area contributed by atoms with Gasteiger partial charge in [-0.15, -0.1) is 6.58 Å². The lowest BCUT2D eigenvalue weighted by molar-refractivity contribution is 0.112. The second-order valence-corrected chi connectivity index (χ2v) is 8.60. The smallest absolute Gasteiger partial charge is 0.156 e. The molecule has 0 saturated carbocycles. The molecule has 0 aromatic heterocycles. The van der Waals surface area contributed by atoms with Gasteiger partial charge in [0.2, 0.25) is 0 Å². The lowest BCUT2D eigenvalue weighted by Crippen LogP contribution is -2.17. The van der Waals surface area contributed by atoms with E-state index in [1.54, 1.807) is 6.08 Å². The number of rotatable bonds is 6. The van der Waals surface area contributed by atoms with Crippen LogP contribution in [0, 0.1) is 0 Å². The molecule has 0 spiro atoms. The van der Waals surface area contributed by atoms with Gasteiger partial charge in [-0.25, -0.2) is 0 Å². The van der Waals surface area contributed by atoms with Crippen molar-refractivity contribution in [1.82, 2.24) is 0 Å². The molecule has 0 aliphatic carbocycles. The average Bonchev–Trinajstić information content (AvgIpc) is 2.04. The Morgan fingerprint density at radius 3 is 1.75 bits per heavy atom. The van der Waals surface area contributed by atoms with Crippen molar-refractivity contribution in [2.75, 3.05) is 19.8 Å². The predicted molar refractivity (Wildman–Crippen MR) is 80.4 cm³/mol. The summed E-state index contributed by atoms with van der Waals surface area (Å²) in [4.78, 5) is 0. The van der Waals surface area contributed by atoms with Gasteiger partial charge in [0, 0.05) is 0 Å². The highest BCUT2D eigenvalue weighted by atomic mass is 28.4. The van der Waals surface area contributed by atoms with Crippen LogP contribution in [-0.2, 0) is 8.85 Å². The maximum absolute atomic E-state index is 8.13. The summed E-state index contributed by atoms with van der Waals surface area (Å²) in [7, 11) is -1.33. The van der Waals surface area contributed by atoms with E-state index >= 15 is 0 Å². The van der Waals surface area contributed by atoms with Gasteiger partial charge in [0.15, 0.2) is 18.1 Å². The van der Waals surface area contributed by atoms with Gasteiger partial charge in [0.1, 0.15) is 0 Å². The molecule has 0 heterocycles. The summed E-state index contributed by atoms with van der Waals surface area (Å²) in [6.45, 7) is 13.3. The molecule has 3 nitrogen and oxygen atoms in total. The van der Waals surface area contributed by atoms with E-state index in [-0.39, 0.29) is 21.5 Å². The number of hydrogen-bond acceptors (Lipinski definition) is 3. The second kappa shape index (κ2) is 20.5. The molecule has 0 fully saturated rings. The Kier molecular flexibility index (Phi) is 32.0. The van der Waals surface area contributed by atoms with Crippen molar-refractivity contribution < 1.29 is 14.0 Å². The van der Waals surface area contributed by atoms with Gasteiger partial charge in [-0.3, -0.25) is 0 Å². The summed E-state index contributed by atoms with van der Waals surface area (Å²) in [5, 5.41) is 8.13. The third-order valence-electron chi connectivity index (χ3n) is 1.02. The number of aliphatic hydroxyl groups excluding tert-OH is 1. The zero-order chi connectivity index (χ0) is 11.4. The Balaban J connectivity index is -0.0000000800. The zero-order valence-corrected chi connectivity index (χ0v) is 12.1. The van der Waals surface area contributed by atoms with Crippen molar-refractivity contribution in [3.05, 3.63) is 12.7 Å². The first-order chi connectivity index (χ1) is 6.54. The molecule has 0 aromatic carbocycles. The van der Waals surface area contributed by atoms with Gasteiger partial charge in [-0.05, 0) is 26.2 Å². The van der Waals surface area contributed by atoms with E-state index < -0.39 is 18.1 Å². The number of aliphatic hydroxyl groups is 1. The molecular formula is C11H32O3Si2. The highest BCUT2D eigenvalue weighted by Gasteiger charge is 1.97. The van der Waals surface area contributed by atoms with Crippen LogP contribution in [0.4, 0.5) is 0 Å². The maximum atomic E-state index is 8.13. The van der Waals surface area contributed by atoms with E-state index in [1.165, 1.54) is 0 Å². The molecule has 0 rings (SSSR count). The Hall–Kier alpha value is 0.0538. The molecule has 0 aliphatic rings. The maximum Gasteiger partial charge on any atom is 0.156 e. The highest BCUT2D eigenvalue weighted by Crippen LogP contribution is 1.87. The molecule has 0 saturated heterocycles. The quantitative estimate of drug-likeness (QED) is 0.457. The molecule has 0 amide bonds. The van der Waals surface area contributed by atoms with Crippen LogP contribution in [0.15, 0.2) is 12.7 Å². The van der Waals surface area contributed by atoms with Crippen LogP contribution in [0.2, 0.25) is 26.2 Å². The number of ether oxygens (including phenoxy) is 1. The van der Waals surface area contributed by atoms with Crippen molar-refractivity contribution in [3.8, 4) is 0 Å². The van der Waals surface area contributed by atoms with Crippen LogP contribution in [0.25, 0.3) is 0 Å². The van der Waals surface area contributed by atoms with Crippen molar-refractivity contribution in [1.29, 1.82) is 0 Å². The van der Waals surface area contributed by atoms with Crippen LogP contribution < -0.4 is 0 Å². The van der Waals surface area contributed by atoms with Crippen LogP contribution >= 0.6 is 0 Å². The average molecular weight is 269 g/mol. The topological polar surface area (TPSA) is 38.7 Å². The van der Waals surface area contributed by atoms with Crippen LogP contribution in [0.5, 0.6) is 0 Å². The van der Waals surface area contributed by atoms with E-state index in [0.717, 1.165) is 0 Å². The minimum Gasteiger partial charge on any atom is -0.461 e. The van der Waals surface area contributed by atoms with Crippen LogP contribution in [0.1, 0.15) is 14.9 Å². The fraction of sp³-hybridized carbons (Fsp3) is 0.818. The lowest BCUT2D eigenvalue weighted by Gasteiger charge is -2.07. The molecular weight excluding hydrogens is 236 g/mol. The van der Waals surface area contributed by atoms with Crippen molar-refractivity contribution in [2.24, 2.45) is 0 Å². The largest absolute Gasteiger partial charge is 0.461 e. The third-order valence-corrected chi connectivity index (χ3v) is 5.37. The third kappa shape index (κ3) is 36.9. The molecule has 5 heteroatoms. The van der Waals surface area contributed by atoms with Gasteiger partial charge >= 0.3 is 0 Å². The van der Waals surface area contributed by atoms with Crippen molar-refractivity contribution in [2.45, 2.75) is 41.0 Å². The van der Waals surface area contributed by atoms with E-state index in [4.69, 9.17) is 14.0 Å². The molecule has 0 unspecified atom stereocenters. The van der Waals surface area contributed by atoms with E-state index in [9.17, 15) is 0 Å². The first-order valence-corrected chi connectivity index (χ1v) is 10.6. The molecule has 16 heavy (non-hydrogen) atoms. The minimum absolute atomic E-state index is 0. The molecule has 0 radical (unpaired) electrons. The SMILES string of the molecule is C.C.C=CCOCCO.C[SiH](C)O[SiH](C)C. The highest BCUT2D eigenvalue weighted by molar-refractivity contribution is 6.63. The molecule has 0 aromatic rings. The molecule has 102 valence electrons. The lowest BCUT2D eigenvalue weighted by atomic mass is 10.7. The van der Waals surface area contributed by atoms with E-state index in [2.05, 4.69) is 32.8 Å². The predicted octanol–water partition coefficient (Wildman–Crippen LogP) is 2.42. The summed E-state index contributed by atoms with van der Waals surface area (Å²) in [6.07, 6.45) is 1.65. The fourth-order valence-corrected chi connectivity index (χ4v) is 5.13. The summed E-state index contributed by atoms with van der Waals surface area (Å²) in [5.41, 5.74) is 0. The minimum atomic E-state index is -0.667. The molecule has 0 bridgehead atoms. The van der Waals surface area contributed by atoms with Gasteiger partial charge < -0.3 is 14.0 Å². The van der Waals surface area contributed by atoms with Gasteiger partial charge in [0.25, 0.3) is 0 Å². The molecule has 0 atom stereocenters. The molecule has 0 aliphatic heterocycles. The van der Waals surface area contributed by atoms with E-state index in [0.29, 0.717) is 13.2 Å². The molecule has 1 N–H and O–H groups in total. The van der Waals surface area contributed by atoms with Gasteiger partial charge in [-0.2, -0.15) is 0 Å². The Morgan fingerprint density at radius 1 is 1.12 bits per heavy atom. The summed E-state index contributed by atoms with van der Waals surface area (Å²) in [5.74, 6) is 0.